The average Bonchev–Trinajstić information content (AvgIpc) is 3.17. The minimum atomic E-state index is -0.140. The lowest BCUT2D eigenvalue weighted by Crippen LogP contribution is -2.15. The molecule has 0 aliphatic carbocycles. The lowest BCUT2D eigenvalue weighted by atomic mass is 10.0. The number of nitrogens with one attached hydrogen (secondary N) is 2. The molecule has 1 aliphatic heterocycles. The number of anilines is 1. The highest BCUT2D eigenvalue weighted by Crippen LogP contribution is 2.15. The van der Waals surface area contributed by atoms with Crippen LogP contribution in [0.3, 0.4) is 0 Å². The van der Waals surface area contributed by atoms with Crippen molar-refractivity contribution >= 4 is 11.6 Å². The maximum Gasteiger partial charge on any atom is 0.232 e. The van der Waals surface area contributed by atoms with E-state index in [4.69, 9.17) is 4.52 Å². The fourth-order valence-corrected chi connectivity index (χ4v) is 2.62. The molecule has 0 saturated carbocycles. The number of carbonyl (C=O) groups excluding carboxylic acids is 1. The Balaban J connectivity index is 1.47. The van der Waals surface area contributed by atoms with E-state index in [2.05, 4.69) is 20.8 Å². The number of carbonyl (C=O) groups is 1. The fourth-order valence-electron chi connectivity index (χ4n) is 2.62. The van der Waals surface area contributed by atoms with Gasteiger partial charge in [0.1, 0.15) is 0 Å². The second-order valence-corrected chi connectivity index (χ2v) is 5.59. The van der Waals surface area contributed by atoms with Gasteiger partial charge in [0.25, 0.3) is 0 Å². The van der Waals surface area contributed by atoms with Gasteiger partial charge >= 0.3 is 0 Å². The molecular weight excluding hydrogens is 280 g/mol. The number of para-hydroxylation sites is 1. The Morgan fingerprint density at radius 1 is 1.36 bits per heavy atom. The van der Waals surface area contributed by atoms with Crippen LogP contribution in [0, 0.1) is 5.92 Å². The molecule has 0 bridgehead atoms. The summed E-state index contributed by atoms with van der Waals surface area (Å²) in [7, 11) is 0. The maximum absolute atomic E-state index is 11.9. The predicted octanol–water partition coefficient (Wildman–Crippen LogP) is 1.79. The van der Waals surface area contributed by atoms with Crippen LogP contribution >= 0.6 is 0 Å². The molecule has 1 atom stereocenters. The molecule has 1 unspecified atom stereocenters. The molecule has 2 aromatic rings. The van der Waals surface area contributed by atoms with Crippen molar-refractivity contribution in [2.24, 2.45) is 5.92 Å². The SMILES string of the molecule is O=C(Cc1noc(CCC2CCNC2)n1)Nc1ccccc1. The monoisotopic (exact) mass is 300 g/mol. The third kappa shape index (κ3) is 4.14. The number of rotatable bonds is 6. The molecule has 1 saturated heterocycles. The van der Waals surface area contributed by atoms with E-state index in [-0.39, 0.29) is 12.3 Å². The van der Waals surface area contributed by atoms with E-state index < -0.39 is 0 Å². The van der Waals surface area contributed by atoms with Crippen molar-refractivity contribution in [3.63, 3.8) is 0 Å². The Kier molecular flexibility index (Phi) is 4.80. The highest BCUT2D eigenvalue weighted by molar-refractivity contribution is 5.91. The molecule has 2 heterocycles. The van der Waals surface area contributed by atoms with Crippen molar-refractivity contribution in [1.82, 2.24) is 15.5 Å². The minimum Gasteiger partial charge on any atom is -0.339 e. The van der Waals surface area contributed by atoms with E-state index in [9.17, 15) is 4.79 Å². The molecule has 1 amide bonds. The summed E-state index contributed by atoms with van der Waals surface area (Å²) in [6.07, 6.45) is 3.16. The molecule has 116 valence electrons. The normalized spacial score (nSPS) is 17.5. The summed E-state index contributed by atoms with van der Waals surface area (Å²) in [4.78, 5) is 16.2. The van der Waals surface area contributed by atoms with Crippen LogP contribution in [0.25, 0.3) is 0 Å². The Bertz CT molecular complexity index is 606. The van der Waals surface area contributed by atoms with Gasteiger partial charge in [-0.25, -0.2) is 0 Å². The summed E-state index contributed by atoms with van der Waals surface area (Å²) in [5.41, 5.74) is 0.768. The second-order valence-electron chi connectivity index (χ2n) is 5.59. The molecule has 2 N–H and O–H groups in total. The Labute approximate surface area is 129 Å². The van der Waals surface area contributed by atoms with Gasteiger partial charge in [-0.05, 0) is 44.0 Å². The number of aryl methyl sites for hydroxylation is 1. The van der Waals surface area contributed by atoms with Crippen molar-refractivity contribution < 1.29 is 9.32 Å². The van der Waals surface area contributed by atoms with Crippen LogP contribution < -0.4 is 10.6 Å². The van der Waals surface area contributed by atoms with Crippen LogP contribution in [-0.4, -0.2) is 29.1 Å². The first-order valence-electron chi connectivity index (χ1n) is 7.66. The maximum atomic E-state index is 11.9. The molecule has 1 fully saturated rings. The minimum absolute atomic E-state index is 0.128. The van der Waals surface area contributed by atoms with E-state index in [1.54, 1.807) is 0 Å². The Morgan fingerprint density at radius 2 is 2.23 bits per heavy atom. The van der Waals surface area contributed by atoms with Gasteiger partial charge in [-0.1, -0.05) is 23.4 Å². The summed E-state index contributed by atoms with van der Waals surface area (Å²) in [6.45, 7) is 2.17. The predicted molar refractivity (Wildman–Crippen MR) is 82.4 cm³/mol. The van der Waals surface area contributed by atoms with Crippen LogP contribution in [0.2, 0.25) is 0 Å². The molecule has 0 spiro atoms. The third-order valence-electron chi connectivity index (χ3n) is 3.82. The van der Waals surface area contributed by atoms with Gasteiger partial charge < -0.3 is 15.2 Å². The summed E-state index contributed by atoms with van der Waals surface area (Å²) in [5, 5.41) is 10.0. The van der Waals surface area contributed by atoms with Crippen molar-refractivity contribution in [2.75, 3.05) is 18.4 Å². The molecule has 1 aromatic heterocycles. The molecule has 3 rings (SSSR count). The smallest absolute Gasteiger partial charge is 0.232 e. The van der Waals surface area contributed by atoms with Gasteiger partial charge in [0, 0.05) is 12.1 Å². The van der Waals surface area contributed by atoms with Crippen molar-refractivity contribution in [3.8, 4) is 0 Å². The lowest BCUT2D eigenvalue weighted by molar-refractivity contribution is -0.115. The molecule has 1 aliphatic rings. The van der Waals surface area contributed by atoms with E-state index in [1.165, 1.54) is 6.42 Å². The topological polar surface area (TPSA) is 80.1 Å². The van der Waals surface area contributed by atoms with Crippen LogP contribution in [0.5, 0.6) is 0 Å². The van der Waals surface area contributed by atoms with Gasteiger partial charge in [0.2, 0.25) is 11.8 Å². The first kappa shape index (κ1) is 14.7. The zero-order chi connectivity index (χ0) is 15.2. The highest BCUT2D eigenvalue weighted by Gasteiger charge is 2.16. The molecule has 6 heteroatoms. The van der Waals surface area contributed by atoms with Crippen molar-refractivity contribution in [3.05, 3.63) is 42.0 Å². The molecule has 6 nitrogen and oxygen atoms in total. The molecule has 0 radical (unpaired) electrons. The van der Waals surface area contributed by atoms with Gasteiger partial charge in [0.05, 0.1) is 6.42 Å². The first-order valence-corrected chi connectivity index (χ1v) is 7.66. The van der Waals surface area contributed by atoms with Crippen molar-refractivity contribution in [2.45, 2.75) is 25.7 Å². The van der Waals surface area contributed by atoms with E-state index in [1.807, 2.05) is 30.3 Å². The number of amides is 1. The lowest BCUT2D eigenvalue weighted by Gasteiger charge is -2.04. The molecule has 1 aromatic carbocycles. The van der Waals surface area contributed by atoms with Crippen molar-refractivity contribution in [1.29, 1.82) is 0 Å². The summed E-state index contributed by atoms with van der Waals surface area (Å²) >= 11 is 0. The van der Waals surface area contributed by atoms with Crippen LogP contribution in [0.15, 0.2) is 34.9 Å². The van der Waals surface area contributed by atoms with E-state index >= 15 is 0 Å². The Hall–Kier alpha value is -2.21. The van der Waals surface area contributed by atoms with Crippen LogP contribution in [0.4, 0.5) is 5.69 Å². The number of aromatic nitrogens is 2. The van der Waals surface area contributed by atoms with Gasteiger partial charge in [-0.3, -0.25) is 4.79 Å². The zero-order valence-electron chi connectivity index (χ0n) is 12.4. The number of hydrogen-bond acceptors (Lipinski definition) is 5. The Morgan fingerprint density at radius 3 is 3.00 bits per heavy atom. The third-order valence-corrected chi connectivity index (χ3v) is 3.82. The molecule has 22 heavy (non-hydrogen) atoms. The van der Waals surface area contributed by atoms with E-state index in [0.717, 1.165) is 31.6 Å². The van der Waals surface area contributed by atoms with Gasteiger partial charge in [0.15, 0.2) is 5.82 Å². The molecular formula is C16H20N4O2. The fraction of sp³-hybridized carbons (Fsp3) is 0.438. The average molecular weight is 300 g/mol. The van der Waals surface area contributed by atoms with Gasteiger partial charge in [-0.15, -0.1) is 0 Å². The number of benzene rings is 1. The zero-order valence-corrected chi connectivity index (χ0v) is 12.4. The first-order chi connectivity index (χ1) is 10.8. The quantitative estimate of drug-likeness (QED) is 0.850. The summed E-state index contributed by atoms with van der Waals surface area (Å²) in [6, 6.07) is 9.34. The van der Waals surface area contributed by atoms with E-state index in [0.29, 0.717) is 17.6 Å². The second kappa shape index (κ2) is 7.17. The van der Waals surface area contributed by atoms with Crippen LogP contribution in [0.1, 0.15) is 24.6 Å². The van der Waals surface area contributed by atoms with Gasteiger partial charge in [-0.2, -0.15) is 4.98 Å². The summed E-state index contributed by atoms with van der Waals surface area (Å²) < 4.78 is 5.21. The number of nitrogens with zero attached hydrogens (tertiary/aromatic N) is 2. The highest BCUT2D eigenvalue weighted by atomic mass is 16.5. The van der Waals surface area contributed by atoms with Crippen LogP contribution in [-0.2, 0) is 17.6 Å². The standard InChI is InChI=1S/C16H20N4O2/c21-15(18-13-4-2-1-3-5-13)10-14-19-16(22-20-14)7-6-12-8-9-17-11-12/h1-5,12,17H,6-11H2,(H,18,21). The number of hydrogen-bond donors (Lipinski definition) is 2. The summed E-state index contributed by atoms with van der Waals surface area (Å²) in [5.74, 6) is 1.61. The largest absolute Gasteiger partial charge is 0.339 e.